The summed E-state index contributed by atoms with van der Waals surface area (Å²) >= 11 is 0. The molecule has 140 valence electrons. The number of tetrazole rings is 1. The monoisotopic (exact) mass is 390 g/mol. The van der Waals surface area contributed by atoms with E-state index < -0.39 is 20.6 Å². The van der Waals surface area contributed by atoms with Crippen molar-refractivity contribution in [2.24, 2.45) is 0 Å². The molecule has 2 aromatic carbocycles. The summed E-state index contributed by atoms with van der Waals surface area (Å²) in [5.74, 6) is -0.0317. The van der Waals surface area contributed by atoms with Crippen molar-refractivity contribution in [3.63, 3.8) is 0 Å². The highest BCUT2D eigenvalue weighted by Crippen LogP contribution is 2.31. The molecule has 0 spiro atoms. The van der Waals surface area contributed by atoms with Crippen molar-refractivity contribution in [3.05, 3.63) is 58.4 Å². The second kappa shape index (κ2) is 6.99. The number of anilines is 1. The fraction of sp³-hybridized carbons (Fsp3) is 0.133. The number of aromatic nitrogens is 4. The molecule has 0 radical (unpaired) electrons. The molecule has 0 unspecified atom stereocenters. The Balaban J connectivity index is 2.00. The molecule has 0 bridgehead atoms. The maximum atomic E-state index is 12.7. The van der Waals surface area contributed by atoms with Gasteiger partial charge < -0.3 is 4.74 Å². The lowest BCUT2D eigenvalue weighted by Crippen LogP contribution is -2.15. The van der Waals surface area contributed by atoms with Crippen LogP contribution in [0.3, 0.4) is 0 Å². The van der Waals surface area contributed by atoms with Crippen LogP contribution in [0.4, 0.5) is 11.4 Å². The van der Waals surface area contributed by atoms with Crippen LogP contribution in [-0.2, 0) is 10.0 Å². The first kappa shape index (κ1) is 18.3. The maximum absolute atomic E-state index is 12.7. The zero-order chi connectivity index (χ0) is 19.6. The van der Waals surface area contributed by atoms with Crippen LogP contribution in [0, 0.1) is 17.0 Å². The number of nitro groups is 1. The molecule has 1 N–H and O–H groups in total. The summed E-state index contributed by atoms with van der Waals surface area (Å²) in [6.45, 7) is 1.70. The van der Waals surface area contributed by atoms with E-state index in [-0.39, 0.29) is 10.6 Å². The van der Waals surface area contributed by atoms with Crippen molar-refractivity contribution < 1.29 is 18.1 Å². The van der Waals surface area contributed by atoms with Gasteiger partial charge in [0.05, 0.1) is 28.3 Å². The van der Waals surface area contributed by atoms with Gasteiger partial charge in [0.25, 0.3) is 10.0 Å². The second-order valence-electron chi connectivity index (χ2n) is 5.40. The molecule has 0 saturated heterocycles. The summed E-state index contributed by atoms with van der Waals surface area (Å²) in [4.78, 5) is 10.2. The molecule has 1 heterocycles. The molecular weight excluding hydrogens is 376 g/mol. The minimum atomic E-state index is -4.07. The van der Waals surface area contributed by atoms with Gasteiger partial charge in [-0.3, -0.25) is 14.8 Å². The number of ether oxygens (including phenoxy) is 1. The molecule has 12 heteroatoms. The largest absolute Gasteiger partial charge is 0.490 e. The molecule has 11 nitrogen and oxygen atoms in total. The van der Waals surface area contributed by atoms with Gasteiger partial charge in [0.15, 0.2) is 5.75 Å². The van der Waals surface area contributed by atoms with Gasteiger partial charge in [-0.25, -0.2) is 13.1 Å². The maximum Gasteiger partial charge on any atom is 0.312 e. The first-order valence-electron chi connectivity index (χ1n) is 7.51. The number of nitrogens with one attached hydrogen (secondary N) is 1. The van der Waals surface area contributed by atoms with E-state index in [1.807, 2.05) is 0 Å². The molecular formula is C15H14N6O5S. The highest BCUT2D eigenvalue weighted by Gasteiger charge is 2.23. The van der Waals surface area contributed by atoms with E-state index in [4.69, 9.17) is 4.74 Å². The molecule has 3 aromatic rings. The molecule has 0 fully saturated rings. The van der Waals surface area contributed by atoms with Gasteiger partial charge in [0.2, 0.25) is 0 Å². The summed E-state index contributed by atoms with van der Waals surface area (Å²) < 4.78 is 34.1. The van der Waals surface area contributed by atoms with Gasteiger partial charge in [-0.2, -0.15) is 0 Å². The Hall–Kier alpha value is -3.54. The number of rotatable bonds is 6. The Labute approximate surface area is 153 Å². The Kier molecular flexibility index (Phi) is 4.73. The van der Waals surface area contributed by atoms with Crippen LogP contribution in [0.2, 0.25) is 0 Å². The third-order valence-corrected chi connectivity index (χ3v) is 5.17. The Morgan fingerprint density at radius 3 is 2.67 bits per heavy atom. The van der Waals surface area contributed by atoms with E-state index in [0.717, 1.165) is 6.07 Å². The lowest BCUT2D eigenvalue weighted by atomic mass is 10.1. The van der Waals surface area contributed by atoms with E-state index >= 15 is 0 Å². The van der Waals surface area contributed by atoms with Crippen molar-refractivity contribution in [3.8, 4) is 11.4 Å². The van der Waals surface area contributed by atoms with Crippen LogP contribution in [0.5, 0.6) is 5.75 Å². The minimum absolute atomic E-state index is 0.0317. The number of sulfonamides is 1. The fourth-order valence-corrected chi connectivity index (χ4v) is 3.58. The molecule has 27 heavy (non-hydrogen) atoms. The van der Waals surface area contributed by atoms with E-state index in [1.165, 1.54) is 30.3 Å². The third-order valence-electron chi connectivity index (χ3n) is 3.80. The predicted octanol–water partition coefficient (Wildman–Crippen LogP) is 1.69. The molecule has 0 aliphatic carbocycles. The first-order valence-corrected chi connectivity index (χ1v) is 9.00. The van der Waals surface area contributed by atoms with E-state index in [1.54, 1.807) is 25.1 Å². The number of nitro benzene ring substituents is 1. The van der Waals surface area contributed by atoms with Gasteiger partial charge in [0.1, 0.15) is 6.33 Å². The number of nitrogens with zero attached hydrogens (tertiary/aromatic N) is 5. The minimum Gasteiger partial charge on any atom is -0.490 e. The molecule has 0 atom stereocenters. The van der Waals surface area contributed by atoms with Gasteiger partial charge in [-0.1, -0.05) is 6.07 Å². The van der Waals surface area contributed by atoms with Gasteiger partial charge >= 0.3 is 5.69 Å². The average molecular weight is 390 g/mol. The average Bonchev–Trinajstić information content (AvgIpc) is 3.17. The number of hydrogen-bond acceptors (Lipinski definition) is 8. The molecule has 0 aliphatic rings. The van der Waals surface area contributed by atoms with E-state index in [2.05, 4.69) is 20.2 Å². The normalized spacial score (nSPS) is 11.2. The Morgan fingerprint density at radius 1 is 1.26 bits per heavy atom. The highest BCUT2D eigenvalue weighted by atomic mass is 32.2. The van der Waals surface area contributed by atoms with Crippen LogP contribution in [0.1, 0.15) is 5.56 Å². The summed E-state index contributed by atoms with van der Waals surface area (Å²) in [5, 5.41) is 22.0. The van der Waals surface area contributed by atoms with Crippen LogP contribution < -0.4 is 9.46 Å². The van der Waals surface area contributed by atoms with Crippen LogP contribution in [-0.4, -0.2) is 40.7 Å². The summed E-state index contributed by atoms with van der Waals surface area (Å²) in [5.41, 5.74) is 1.01. The SMILES string of the molecule is COc1ccc(S(=O)(=O)Nc2cccc(-n3cnnn3)c2C)cc1[N+](=O)[O-]. The van der Waals surface area contributed by atoms with Crippen molar-refractivity contribution in [1.29, 1.82) is 0 Å². The van der Waals surface area contributed by atoms with Crippen LogP contribution in [0.15, 0.2) is 47.6 Å². The van der Waals surface area contributed by atoms with Crippen molar-refractivity contribution in [2.75, 3.05) is 11.8 Å². The van der Waals surface area contributed by atoms with E-state index in [0.29, 0.717) is 16.9 Å². The van der Waals surface area contributed by atoms with Crippen molar-refractivity contribution in [1.82, 2.24) is 20.2 Å². The molecule has 1 aromatic heterocycles. The zero-order valence-corrected chi connectivity index (χ0v) is 15.0. The quantitative estimate of drug-likeness (QED) is 0.495. The Morgan fingerprint density at radius 2 is 2.04 bits per heavy atom. The number of methoxy groups -OCH3 is 1. The van der Waals surface area contributed by atoms with Gasteiger partial charge in [0, 0.05) is 6.07 Å². The fourth-order valence-electron chi connectivity index (χ4n) is 2.44. The van der Waals surface area contributed by atoms with Crippen LogP contribution in [0.25, 0.3) is 5.69 Å². The summed E-state index contributed by atoms with van der Waals surface area (Å²) in [7, 11) is -2.81. The predicted molar refractivity (Wildman–Crippen MR) is 94.3 cm³/mol. The van der Waals surface area contributed by atoms with Crippen molar-refractivity contribution in [2.45, 2.75) is 11.8 Å². The smallest absolute Gasteiger partial charge is 0.312 e. The molecule has 0 saturated carbocycles. The third kappa shape index (κ3) is 3.55. The van der Waals surface area contributed by atoms with Gasteiger partial charge in [-0.15, -0.1) is 5.10 Å². The lowest BCUT2D eigenvalue weighted by molar-refractivity contribution is -0.386. The van der Waals surface area contributed by atoms with Crippen LogP contribution >= 0.6 is 0 Å². The molecule has 0 amide bonds. The standard InChI is InChI=1S/C15H14N6O5S/c1-10-12(4-3-5-13(10)20-9-16-18-19-20)17-27(24,25)11-6-7-15(26-2)14(8-11)21(22)23/h3-9,17H,1-2H3. The highest BCUT2D eigenvalue weighted by molar-refractivity contribution is 7.92. The summed E-state index contributed by atoms with van der Waals surface area (Å²) in [6.07, 6.45) is 1.38. The molecule has 0 aliphatic heterocycles. The zero-order valence-electron chi connectivity index (χ0n) is 14.2. The number of benzene rings is 2. The van der Waals surface area contributed by atoms with Crippen molar-refractivity contribution >= 4 is 21.4 Å². The van der Waals surface area contributed by atoms with E-state index in [9.17, 15) is 18.5 Å². The second-order valence-corrected chi connectivity index (χ2v) is 7.08. The first-order chi connectivity index (χ1) is 12.8. The Bertz CT molecular complexity index is 1100. The van der Waals surface area contributed by atoms with Gasteiger partial charge in [-0.05, 0) is 47.2 Å². The molecule has 3 rings (SSSR count). The number of hydrogen-bond donors (Lipinski definition) is 1. The lowest BCUT2D eigenvalue weighted by Gasteiger charge is -2.13. The topological polar surface area (TPSA) is 142 Å². The summed E-state index contributed by atoms with van der Waals surface area (Å²) in [6, 6.07) is 8.34.